The van der Waals surface area contributed by atoms with Crippen LogP contribution < -0.4 is 5.11 Å². The molecule has 0 saturated heterocycles. The van der Waals surface area contributed by atoms with Gasteiger partial charge in [0.1, 0.15) is 0 Å². The van der Waals surface area contributed by atoms with Crippen LogP contribution in [0.3, 0.4) is 0 Å². The summed E-state index contributed by atoms with van der Waals surface area (Å²) >= 11 is 0. The van der Waals surface area contributed by atoms with Crippen molar-refractivity contribution in [3.63, 3.8) is 0 Å². The van der Waals surface area contributed by atoms with Gasteiger partial charge in [-0.2, -0.15) is 0 Å². The van der Waals surface area contributed by atoms with E-state index in [4.69, 9.17) is 5.11 Å². The fraction of sp³-hybridized carbons (Fsp3) is 0.667. The second-order valence-electron chi connectivity index (χ2n) is 0.995. The fourth-order valence-corrected chi connectivity index (χ4v) is 0. The number of carboxylic acid groups (broad SMARTS) is 1. The Morgan fingerprint density at radius 1 is 1.86 bits per heavy atom. The fourth-order valence-electron chi connectivity index (χ4n) is 0. The van der Waals surface area contributed by atoms with Gasteiger partial charge in [0.15, 0.2) is 0 Å². The number of aliphatic carboxylic acids is 1. The summed E-state index contributed by atoms with van der Waals surface area (Å²) in [5.74, 6) is -1.44. The molecule has 0 aliphatic heterocycles. The van der Waals surface area contributed by atoms with E-state index in [1.807, 2.05) is 0 Å². The minimum atomic E-state index is -1.44. The predicted octanol–water partition coefficient (Wildman–Crippen LogP) is -2.26. The van der Waals surface area contributed by atoms with Crippen LogP contribution in [-0.4, -0.2) is 62.7 Å². The zero-order valence-corrected chi connectivity index (χ0v) is 7.52. The monoisotopic (exact) mass is 177 g/mol. The predicted molar refractivity (Wildman–Crippen MR) is 22.4 cm³/mol. The van der Waals surface area contributed by atoms with Gasteiger partial charge in [0.25, 0.3) is 0 Å². The molecule has 1 N–H and O–H groups in total. The first-order valence-electron chi connectivity index (χ1n) is 1.53. The number of hydrogen-bond donors (Lipinski definition) is 1. The van der Waals surface area contributed by atoms with E-state index < -0.39 is 12.1 Å². The van der Waals surface area contributed by atoms with Crippen molar-refractivity contribution < 1.29 is 15.0 Å². The zero-order chi connectivity index (χ0) is 5.15. The molecule has 0 aromatic heterocycles. The van der Waals surface area contributed by atoms with Crippen molar-refractivity contribution in [1.29, 1.82) is 0 Å². The van der Waals surface area contributed by atoms with E-state index >= 15 is 0 Å². The van der Waals surface area contributed by atoms with Gasteiger partial charge in [-0.15, -0.1) is 0 Å². The van der Waals surface area contributed by atoms with Gasteiger partial charge in [-0.1, -0.05) is 0 Å². The standard InChI is InChI=1S/C3H6O3.Sr/c1-2(4)3(5)6;/h2,4H,1H3,(H,5,6);/q;+2/p-1. The largest absolute Gasteiger partial charge is 2.00 e. The number of hydrogen-bond acceptors (Lipinski definition) is 3. The second-order valence-corrected chi connectivity index (χ2v) is 0.995. The molecular weight excluding hydrogens is 172 g/mol. The van der Waals surface area contributed by atoms with Gasteiger partial charge in [0, 0.05) is 0 Å². The van der Waals surface area contributed by atoms with E-state index in [1.54, 1.807) is 0 Å². The van der Waals surface area contributed by atoms with E-state index in [1.165, 1.54) is 0 Å². The maximum atomic E-state index is 9.34. The van der Waals surface area contributed by atoms with Crippen LogP contribution in [-0.2, 0) is 4.79 Å². The third kappa shape index (κ3) is 6.91. The van der Waals surface area contributed by atoms with Crippen LogP contribution >= 0.6 is 0 Å². The Labute approximate surface area is 78.6 Å². The van der Waals surface area contributed by atoms with Crippen LogP contribution in [0.2, 0.25) is 0 Å². The number of aliphatic hydroxyl groups excluding tert-OH is 1. The Morgan fingerprint density at radius 2 is 2.00 bits per heavy atom. The molecule has 0 radical (unpaired) electrons. The third-order valence-corrected chi connectivity index (χ3v) is 0.341. The Kier molecular flexibility index (Phi) is 7.81. The molecule has 1 unspecified atom stereocenters. The molecular formula is C3H5O3Sr+. The zero-order valence-electron chi connectivity index (χ0n) is 4.05. The van der Waals surface area contributed by atoms with Crippen molar-refractivity contribution in [2.45, 2.75) is 13.0 Å². The minimum absolute atomic E-state index is 0. The van der Waals surface area contributed by atoms with Crippen molar-refractivity contribution in [1.82, 2.24) is 0 Å². The molecule has 0 aliphatic rings. The second kappa shape index (κ2) is 5.06. The minimum Gasteiger partial charge on any atom is -0.547 e. The third-order valence-electron chi connectivity index (χ3n) is 0.341. The molecule has 0 fully saturated rings. The van der Waals surface area contributed by atoms with Gasteiger partial charge in [0.2, 0.25) is 0 Å². The van der Waals surface area contributed by atoms with Crippen LogP contribution in [0.5, 0.6) is 0 Å². The van der Waals surface area contributed by atoms with Gasteiger partial charge in [0.05, 0.1) is 12.1 Å². The number of aliphatic hydroxyl groups is 1. The molecule has 0 rings (SSSR count). The maximum absolute atomic E-state index is 9.34. The smallest absolute Gasteiger partial charge is 0.547 e. The van der Waals surface area contributed by atoms with Crippen LogP contribution in [0.1, 0.15) is 6.92 Å². The average molecular weight is 177 g/mol. The quantitative estimate of drug-likeness (QED) is 0.459. The molecule has 0 aromatic carbocycles. The van der Waals surface area contributed by atoms with Crippen molar-refractivity contribution in [2.75, 3.05) is 0 Å². The normalized spacial score (nSPS) is 11.7. The molecule has 0 aliphatic carbocycles. The molecule has 4 heteroatoms. The molecule has 0 aromatic rings. The summed E-state index contributed by atoms with van der Waals surface area (Å²) in [6.45, 7) is 1.13. The van der Waals surface area contributed by atoms with Gasteiger partial charge in [-0.25, -0.2) is 0 Å². The van der Waals surface area contributed by atoms with Crippen molar-refractivity contribution in [3.8, 4) is 0 Å². The van der Waals surface area contributed by atoms with E-state index in [0.29, 0.717) is 0 Å². The first kappa shape index (κ1) is 10.8. The van der Waals surface area contributed by atoms with E-state index in [2.05, 4.69) is 0 Å². The summed E-state index contributed by atoms with van der Waals surface area (Å²) in [5, 5.41) is 17.3. The van der Waals surface area contributed by atoms with Crippen LogP contribution in [0, 0.1) is 0 Å². The SMILES string of the molecule is CC(O)C(=O)[O-].[Sr+2]. The maximum Gasteiger partial charge on any atom is 2.00 e. The van der Waals surface area contributed by atoms with Crippen LogP contribution in [0.4, 0.5) is 0 Å². The van der Waals surface area contributed by atoms with Crippen molar-refractivity contribution >= 4 is 51.5 Å². The van der Waals surface area contributed by atoms with E-state index in [-0.39, 0.29) is 45.5 Å². The number of carbonyl (C=O) groups is 1. The average Bonchev–Trinajstić information content (AvgIpc) is 1.36. The molecule has 0 spiro atoms. The van der Waals surface area contributed by atoms with Gasteiger partial charge in [-0.05, 0) is 6.92 Å². The summed E-state index contributed by atoms with van der Waals surface area (Å²) in [7, 11) is 0. The molecule has 7 heavy (non-hydrogen) atoms. The molecule has 0 saturated carbocycles. The van der Waals surface area contributed by atoms with Crippen LogP contribution in [0.15, 0.2) is 0 Å². The molecule has 0 bridgehead atoms. The van der Waals surface area contributed by atoms with Gasteiger partial charge in [-0.3, -0.25) is 0 Å². The molecule has 3 nitrogen and oxygen atoms in total. The topological polar surface area (TPSA) is 60.4 Å². The Hall–Kier alpha value is 0.911. The van der Waals surface area contributed by atoms with Gasteiger partial charge < -0.3 is 15.0 Å². The molecule has 0 amide bonds. The summed E-state index contributed by atoms with van der Waals surface area (Å²) < 4.78 is 0. The number of carboxylic acids is 1. The summed E-state index contributed by atoms with van der Waals surface area (Å²) in [4.78, 5) is 9.34. The first-order chi connectivity index (χ1) is 2.64. The number of carbonyl (C=O) groups excluding carboxylic acids is 1. The number of rotatable bonds is 1. The summed E-state index contributed by atoms with van der Waals surface area (Å²) in [6.07, 6.45) is -1.34. The summed E-state index contributed by atoms with van der Waals surface area (Å²) in [5.41, 5.74) is 0. The van der Waals surface area contributed by atoms with Gasteiger partial charge >= 0.3 is 45.5 Å². The van der Waals surface area contributed by atoms with Crippen molar-refractivity contribution in [3.05, 3.63) is 0 Å². The van der Waals surface area contributed by atoms with Crippen molar-refractivity contribution in [2.24, 2.45) is 0 Å². The first-order valence-corrected chi connectivity index (χ1v) is 1.53. The van der Waals surface area contributed by atoms with E-state index in [9.17, 15) is 9.90 Å². The Morgan fingerprint density at radius 3 is 2.00 bits per heavy atom. The summed E-state index contributed by atoms with van der Waals surface area (Å²) in [6, 6.07) is 0. The molecule has 0 heterocycles. The van der Waals surface area contributed by atoms with E-state index in [0.717, 1.165) is 6.92 Å². The van der Waals surface area contributed by atoms with Crippen LogP contribution in [0.25, 0.3) is 0 Å². The Balaban J connectivity index is 0. The molecule has 1 atom stereocenters. The molecule has 36 valence electrons. The Bertz CT molecular complexity index is 61.2.